The van der Waals surface area contributed by atoms with Crippen molar-refractivity contribution >= 4 is 33.8 Å². The zero-order chi connectivity index (χ0) is 47.2. The van der Waals surface area contributed by atoms with Crippen LogP contribution in [0.25, 0.3) is 39.0 Å². The van der Waals surface area contributed by atoms with Crippen molar-refractivity contribution in [3.8, 4) is 22.3 Å². The molecular formula is C66H63N3. The number of allylic oxidation sites excluding steroid dienone is 8. The van der Waals surface area contributed by atoms with E-state index in [1.807, 2.05) is 0 Å². The van der Waals surface area contributed by atoms with Crippen LogP contribution in [-0.2, 0) is 12.8 Å². The molecule has 4 atom stereocenters. The molecule has 11 rings (SSSR count). The van der Waals surface area contributed by atoms with Gasteiger partial charge >= 0.3 is 0 Å². The Labute approximate surface area is 410 Å². The third kappa shape index (κ3) is 9.66. The average molecular weight is 898 g/mol. The number of hydrogen-bond acceptors (Lipinski definition) is 3. The molecule has 3 heteroatoms. The Kier molecular flexibility index (Phi) is 13.4. The molecular weight excluding hydrogens is 835 g/mol. The highest BCUT2D eigenvalue weighted by Crippen LogP contribution is 2.59. The van der Waals surface area contributed by atoms with Gasteiger partial charge in [-0.15, -0.1) is 0 Å². The van der Waals surface area contributed by atoms with Gasteiger partial charge in [-0.05, 0) is 144 Å². The molecule has 1 saturated carbocycles. The van der Waals surface area contributed by atoms with Crippen LogP contribution in [-0.4, -0.2) is 18.6 Å². The molecule has 1 fully saturated rings. The summed E-state index contributed by atoms with van der Waals surface area (Å²) in [5.74, 6) is 0.881. The van der Waals surface area contributed by atoms with Gasteiger partial charge in [0, 0.05) is 40.1 Å². The minimum atomic E-state index is -0.00504. The van der Waals surface area contributed by atoms with Crippen LogP contribution in [0, 0.1) is 11.8 Å². The highest BCUT2D eigenvalue weighted by molar-refractivity contribution is 5.89. The molecule has 1 aliphatic heterocycles. The first-order chi connectivity index (χ1) is 34.0. The van der Waals surface area contributed by atoms with Crippen LogP contribution in [0.15, 0.2) is 236 Å². The lowest BCUT2D eigenvalue weighted by atomic mass is 9.85. The first-order valence-corrected chi connectivity index (χ1v) is 24.9. The zero-order valence-corrected chi connectivity index (χ0v) is 40.2. The van der Waals surface area contributed by atoms with Gasteiger partial charge in [-0.2, -0.15) is 0 Å². The molecule has 2 bridgehead atoms. The van der Waals surface area contributed by atoms with E-state index in [1.165, 1.54) is 85.1 Å². The van der Waals surface area contributed by atoms with Crippen molar-refractivity contribution in [1.29, 1.82) is 0 Å². The van der Waals surface area contributed by atoms with Crippen molar-refractivity contribution in [3.05, 3.63) is 264 Å². The molecule has 7 aromatic carbocycles. The van der Waals surface area contributed by atoms with Gasteiger partial charge in [0.1, 0.15) is 0 Å². The molecule has 0 saturated heterocycles. The number of benzene rings is 7. The quantitative estimate of drug-likeness (QED) is 0.113. The van der Waals surface area contributed by atoms with Crippen LogP contribution in [0.1, 0.15) is 60.9 Å². The molecule has 0 spiro atoms. The van der Waals surface area contributed by atoms with E-state index >= 15 is 0 Å². The molecule has 1 heterocycles. The van der Waals surface area contributed by atoms with Crippen molar-refractivity contribution < 1.29 is 0 Å². The Balaban J connectivity index is 0.00000273. The van der Waals surface area contributed by atoms with E-state index in [-0.39, 0.29) is 5.54 Å². The number of nitrogens with two attached hydrogens (primary N) is 1. The molecule has 342 valence electrons. The minimum Gasteiger partial charge on any atom is -0.358 e. The Morgan fingerprint density at radius 1 is 0.710 bits per heavy atom. The summed E-state index contributed by atoms with van der Waals surface area (Å²) >= 11 is 0. The summed E-state index contributed by atoms with van der Waals surface area (Å²) in [6.07, 6.45) is 24.5. The first kappa shape index (κ1) is 45.3. The molecule has 0 amide bonds. The summed E-state index contributed by atoms with van der Waals surface area (Å²) in [6, 6.07) is 66.8. The maximum atomic E-state index is 4.50. The molecule has 7 aromatic rings. The summed E-state index contributed by atoms with van der Waals surface area (Å²) < 4.78 is 0. The second-order valence-corrected chi connectivity index (χ2v) is 19.0. The highest BCUT2D eigenvalue weighted by Gasteiger charge is 2.59. The predicted octanol–water partition coefficient (Wildman–Crippen LogP) is 16.1. The molecule has 3 aliphatic carbocycles. The zero-order valence-electron chi connectivity index (χ0n) is 40.2. The lowest BCUT2D eigenvalue weighted by Gasteiger charge is -2.45. The van der Waals surface area contributed by atoms with Gasteiger partial charge in [0.2, 0.25) is 0 Å². The standard InChI is InChI=1S/C65H58N2.CH5N/c1-46(40-49-20-8-4-9-21-49)47(2)60(30-16-22-48-18-6-3-7-19-48)51-34-32-50(33-35-51)54-38-39-65(45-57(65)42-54)67-59-28-13-12-23-56(43-59)62-44-53(36-37-64(62)67)52-24-17-25-55(41-52)61-29-14-15-31-63(61)66-58-26-10-5-11-27-58;1-2/h3-21,23-27,29-39,41-42,44,46,57,59,66H,22,28,40,43,45H2,1-2H3;2H2,1H3/b30-16+,60-47+;/t46-,57?,59?,65?;/m1./s1. The van der Waals surface area contributed by atoms with Gasteiger partial charge in [-0.1, -0.05) is 207 Å². The van der Waals surface area contributed by atoms with E-state index in [4.69, 9.17) is 0 Å². The van der Waals surface area contributed by atoms with Crippen molar-refractivity contribution in [3.63, 3.8) is 0 Å². The number of anilines is 3. The van der Waals surface area contributed by atoms with Gasteiger partial charge in [-0.3, -0.25) is 0 Å². The third-order valence-corrected chi connectivity index (χ3v) is 14.7. The van der Waals surface area contributed by atoms with E-state index in [0.717, 1.165) is 43.5 Å². The average Bonchev–Trinajstić information content (AvgIpc) is 4.18. The molecule has 3 nitrogen and oxygen atoms in total. The number of rotatable bonds is 13. The molecule has 3 N–H and O–H groups in total. The van der Waals surface area contributed by atoms with E-state index in [2.05, 4.69) is 260 Å². The topological polar surface area (TPSA) is 41.3 Å². The Bertz CT molecular complexity index is 3100. The fourth-order valence-electron chi connectivity index (χ4n) is 10.9. The van der Waals surface area contributed by atoms with Crippen molar-refractivity contribution in [2.75, 3.05) is 17.3 Å². The largest absolute Gasteiger partial charge is 0.358 e. The number of nitrogens with one attached hydrogen (secondary N) is 1. The van der Waals surface area contributed by atoms with Gasteiger partial charge in [0.15, 0.2) is 0 Å². The summed E-state index contributed by atoms with van der Waals surface area (Å²) in [6.45, 7) is 4.70. The number of fused-ring (bicyclic) bond motifs is 5. The van der Waals surface area contributed by atoms with E-state index < -0.39 is 0 Å². The van der Waals surface area contributed by atoms with Crippen LogP contribution in [0.5, 0.6) is 0 Å². The van der Waals surface area contributed by atoms with E-state index in [9.17, 15) is 0 Å². The van der Waals surface area contributed by atoms with Gasteiger partial charge in [-0.25, -0.2) is 0 Å². The summed E-state index contributed by atoms with van der Waals surface area (Å²) in [7, 11) is 1.50. The lowest BCUT2D eigenvalue weighted by molar-refractivity contribution is 0.529. The predicted molar refractivity (Wildman–Crippen MR) is 295 cm³/mol. The number of nitrogens with zero attached hydrogens (tertiary/aromatic N) is 1. The molecule has 3 unspecified atom stereocenters. The van der Waals surface area contributed by atoms with Crippen LogP contribution >= 0.6 is 0 Å². The summed E-state index contributed by atoms with van der Waals surface area (Å²) in [5, 5.41) is 3.65. The molecule has 4 aliphatic rings. The fraction of sp³-hybridized carbons (Fsp3) is 0.182. The Hall–Kier alpha value is -7.46. The smallest absolute Gasteiger partial charge is 0.0661 e. The third-order valence-electron chi connectivity index (χ3n) is 14.7. The molecule has 69 heavy (non-hydrogen) atoms. The first-order valence-electron chi connectivity index (χ1n) is 24.9. The van der Waals surface area contributed by atoms with E-state index in [0.29, 0.717) is 17.9 Å². The van der Waals surface area contributed by atoms with Gasteiger partial charge in [0.05, 0.1) is 5.54 Å². The second kappa shape index (κ2) is 20.4. The fourth-order valence-corrected chi connectivity index (χ4v) is 10.9. The number of para-hydroxylation sites is 2. The summed E-state index contributed by atoms with van der Waals surface area (Å²) in [5.41, 5.74) is 25.1. The maximum Gasteiger partial charge on any atom is 0.0661 e. The van der Waals surface area contributed by atoms with Crippen LogP contribution < -0.4 is 16.0 Å². The summed E-state index contributed by atoms with van der Waals surface area (Å²) in [4.78, 5) is 2.82. The van der Waals surface area contributed by atoms with Gasteiger partial charge in [0.25, 0.3) is 0 Å². The van der Waals surface area contributed by atoms with Crippen molar-refractivity contribution in [2.24, 2.45) is 17.6 Å². The SMILES string of the molecule is C/C(=C(/C=C/Cc1ccccc1)c1ccc(C2=CC3CC3(N3c4ccc(-c5cccc(-c6ccccc6Nc6ccccc6)c5)cc4C4=CC=CCC3C4)C=C2)cc1)[C@H](C)Cc1ccccc1.CN. The van der Waals surface area contributed by atoms with Crippen LogP contribution in [0.2, 0.25) is 0 Å². The van der Waals surface area contributed by atoms with Crippen LogP contribution in [0.3, 0.4) is 0 Å². The Morgan fingerprint density at radius 2 is 1.39 bits per heavy atom. The van der Waals surface area contributed by atoms with Crippen molar-refractivity contribution in [2.45, 2.75) is 57.5 Å². The monoisotopic (exact) mass is 898 g/mol. The minimum absolute atomic E-state index is 0.00504. The Morgan fingerprint density at radius 3 is 2.16 bits per heavy atom. The van der Waals surface area contributed by atoms with E-state index in [1.54, 1.807) is 0 Å². The normalized spacial score (nSPS) is 19.4. The lowest BCUT2D eigenvalue weighted by Crippen LogP contribution is -2.48. The molecule has 0 aromatic heterocycles. The molecule has 0 radical (unpaired) electrons. The highest BCUT2D eigenvalue weighted by atomic mass is 15.3. The van der Waals surface area contributed by atoms with Crippen LogP contribution in [0.4, 0.5) is 17.1 Å². The van der Waals surface area contributed by atoms with Crippen molar-refractivity contribution in [1.82, 2.24) is 0 Å². The second-order valence-electron chi connectivity index (χ2n) is 19.0. The maximum absolute atomic E-state index is 4.50. The van der Waals surface area contributed by atoms with Gasteiger partial charge < -0.3 is 16.0 Å². The number of hydrogen-bond donors (Lipinski definition) is 2.